The summed E-state index contributed by atoms with van der Waals surface area (Å²) in [5.74, 6) is 0.257. The predicted molar refractivity (Wildman–Crippen MR) is 73.9 cm³/mol. The zero-order valence-corrected chi connectivity index (χ0v) is 12.3. The van der Waals surface area contributed by atoms with Crippen molar-refractivity contribution < 1.29 is 13.5 Å². The molecule has 0 saturated carbocycles. The molecule has 6 heteroatoms. The largest absolute Gasteiger partial charge is 0.508 e. The van der Waals surface area contributed by atoms with Crippen molar-refractivity contribution in [3.63, 3.8) is 0 Å². The van der Waals surface area contributed by atoms with Crippen LogP contribution in [0.3, 0.4) is 0 Å². The van der Waals surface area contributed by atoms with Crippen LogP contribution >= 0.6 is 11.6 Å². The van der Waals surface area contributed by atoms with E-state index in [4.69, 9.17) is 11.6 Å². The Morgan fingerprint density at radius 2 is 2.06 bits per heavy atom. The minimum Gasteiger partial charge on any atom is -0.508 e. The van der Waals surface area contributed by atoms with Crippen molar-refractivity contribution >= 4 is 21.4 Å². The van der Waals surface area contributed by atoms with Gasteiger partial charge in [-0.15, -0.1) is 0 Å². The highest BCUT2D eigenvalue weighted by Gasteiger charge is 2.17. The Morgan fingerprint density at radius 3 is 2.61 bits per heavy atom. The van der Waals surface area contributed by atoms with Gasteiger partial charge in [0.2, 0.25) is 0 Å². The standard InChI is InChI=1S/C12H18ClNO3S/c1-9(14(2)6-7-18(3,16)17)11-8-10(13)4-5-12(11)15/h4-5,8-9,15H,6-7H2,1-3H3. The zero-order valence-electron chi connectivity index (χ0n) is 10.7. The number of hydrogen-bond donors (Lipinski definition) is 1. The Bertz CT molecular complexity index is 516. The molecule has 1 aromatic rings. The molecular formula is C12H18ClNO3S. The number of phenols is 1. The van der Waals surface area contributed by atoms with Gasteiger partial charge in [-0.2, -0.15) is 0 Å². The van der Waals surface area contributed by atoms with Gasteiger partial charge in [0.25, 0.3) is 0 Å². The van der Waals surface area contributed by atoms with Crippen molar-refractivity contribution in [2.24, 2.45) is 0 Å². The Balaban J connectivity index is 2.80. The summed E-state index contributed by atoms with van der Waals surface area (Å²) in [5.41, 5.74) is 0.693. The van der Waals surface area contributed by atoms with Gasteiger partial charge in [-0.05, 0) is 32.2 Å². The summed E-state index contributed by atoms with van der Waals surface area (Å²) < 4.78 is 22.2. The topological polar surface area (TPSA) is 57.6 Å². The van der Waals surface area contributed by atoms with Gasteiger partial charge in [0.05, 0.1) is 5.75 Å². The van der Waals surface area contributed by atoms with Crippen molar-refractivity contribution in [3.05, 3.63) is 28.8 Å². The second-order valence-electron chi connectivity index (χ2n) is 4.49. The van der Waals surface area contributed by atoms with Gasteiger partial charge < -0.3 is 5.11 Å². The molecule has 102 valence electrons. The summed E-state index contributed by atoms with van der Waals surface area (Å²) in [6.07, 6.45) is 1.21. The Hall–Kier alpha value is -0.780. The second kappa shape index (κ2) is 5.91. The minimum absolute atomic E-state index is 0.0924. The molecule has 0 heterocycles. The van der Waals surface area contributed by atoms with Crippen LogP contribution in [-0.4, -0.2) is 44.0 Å². The summed E-state index contributed by atoms with van der Waals surface area (Å²) in [6, 6.07) is 4.74. The lowest BCUT2D eigenvalue weighted by atomic mass is 10.1. The highest BCUT2D eigenvalue weighted by atomic mass is 35.5. The number of nitrogens with zero attached hydrogens (tertiary/aromatic N) is 1. The second-order valence-corrected chi connectivity index (χ2v) is 7.19. The SMILES string of the molecule is CC(c1cc(Cl)ccc1O)N(C)CCS(C)(=O)=O. The van der Waals surface area contributed by atoms with Gasteiger partial charge in [-0.1, -0.05) is 11.6 Å². The number of benzene rings is 1. The number of halogens is 1. The lowest BCUT2D eigenvalue weighted by Crippen LogP contribution is -2.28. The number of phenolic OH excluding ortho intramolecular Hbond substituents is 1. The highest BCUT2D eigenvalue weighted by Crippen LogP contribution is 2.29. The molecule has 0 aliphatic heterocycles. The third kappa shape index (κ3) is 4.48. The van der Waals surface area contributed by atoms with Crippen molar-refractivity contribution in [2.75, 3.05) is 25.6 Å². The number of sulfone groups is 1. The van der Waals surface area contributed by atoms with E-state index < -0.39 is 9.84 Å². The van der Waals surface area contributed by atoms with Crippen molar-refractivity contribution in [2.45, 2.75) is 13.0 Å². The van der Waals surface area contributed by atoms with E-state index in [-0.39, 0.29) is 17.5 Å². The molecule has 0 aromatic heterocycles. The van der Waals surface area contributed by atoms with E-state index in [1.165, 1.54) is 6.26 Å². The number of rotatable bonds is 5. The molecule has 0 spiro atoms. The molecular weight excluding hydrogens is 274 g/mol. The van der Waals surface area contributed by atoms with E-state index in [0.29, 0.717) is 17.1 Å². The highest BCUT2D eigenvalue weighted by molar-refractivity contribution is 7.90. The van der Waals surface area contributed by atoms with Crippen LogP contribution in [0.5, 0.6) is 5.75 Å². The first kappa shape index (κ1) is 15.3. The van der Waals surface area contributed by atoms with Gasteiger partial charge in [0.1, 0.15) is 15.6 Å². The normalized spacial score (nSPS) is 13.8. The van der Waals surface area contributed by atoms with Crippen molar-refractivity contribution in [1.29, 1.82) is 0 Å². The average Bonchev–Trinajstić information content (AvgIpc) is 2.27. The average molecular weight is 292 g/mol. The third-order valence-electron chi connectivity index (χ3n) is 2.92. The molecule has 1 N–H and O–H groups in total. The first-order chi connectivity index (χ1) is 8.20. The van der Waals surface area contributed by atoms with Gasteiger partial charge in [0.15, 0.2) is 0 Å². The summed E-state index contributed by atoms with van der Waals surface area (Å²) in [5, 5.41) is 10.3. The van der Waals surface area contributed by atoms with Crippen LogP contribution in [0.1, 0.15) is 18.5 Å². The fourth-order valence-corrected chi connectivity index (χ4v) is 2.40. The van der Waals surface area contributed by atoms with Crippen LogP contribution in [0, 0.1) is 0 Å². The van der Waals surface area contributed by atoms with E-state index in [9.17, 15) is 13.5 Å². The monoisotopic (exact) mass is 291 g/mol. The third-order valence-corrected chi connectivity index (χ3v) is 4.07. The first-order valence-corrected chi connectivity index (χ1v) is 8.01. The van der Waals surface area contributed by atoms with Gasteiger partial charge in [0, 0.05) is 29.4 Å². The van der Waals surface area contributed by atoms with E-state index in [2.05, 4.69) is 0 Å². The fourth-order valence-electron chi connectivity index (χ4n) is 1.60. The maximum absolute atomic E-state index is 11.1. The molecule has 0 radical (unpaired) electrons. The van der Waals surface area contributed by atoms with Crippen LogP contribution < -0.4 is 0 Å². The number of aromatic hydroxyl groups is 1. The van der Waals surface area contributed by atoms with E-state index in [1.54, 1.807) is 18.2 Å². The lowest BCUT2D eigenvalue weighted by molar-refractivity contribution is 0.270. The summed E-state index contributed by atoms with van der Waals surface area (Å²) >= 11 is 5.89. The van der Waals surface area contributed by atoms with Crippen LogP contribution in [0.25, 0.3) is 0 Å². The van der Waals surface area contributed by atoms with Gasteiger partial charge in [-0.3, -0.25) is 4.90 Å². The lowest BCUT2D eigenvalue weighted by Gasteiger charge is -2.25. The molecule has 0 aliphatic rings. The summed E-state index contributed by atoms with van der Waals surface area (Å²) in [6.45, 7) is 2.31. The van der Waals surface area contributed by atoms with E-state index in [0.717, 1.165) is 0 Å². The Morgan fingerprint density at radius 1 is 1.44 bits per heavy atom. The molecule has 18 heavy (non-hydrogen) atoms. The van der Waals surface area contributed by atoms with Crippen molar-refractivity contribution in [1.82, 2.24) is 4.90 Å². The summed E-state index contributed by atoms with van der Waals surface area (Å²) in [7, 11) is -1.17. The summed E-state index contributed by atoms with van der Waals surface area (Å²) in [4.78, 5) is 1.87. The molecule has 0 amide bonds. The minimum atomic E-state index is -2.98. The van der Waals surface area contributed by atoms with Gasteiger partial charge >= 0.3 is 0 Å². The fraction of sp³-hybridized carbons (Fsp3) is 0.500. The molecule has 4 nitrogen and oxygen atoms in total. The molecule has 0 aliphatic carbocycles. The Labute approximate surface area is 113 Å². The predicted octanol–water partition coefficient (Wildman–Crippen LogP) is 2.08. The molecule has 1 unspecified atom stereocenters. The van der Waals surface area contributed by atoms with Crippen LogP contribution in [0.4, 0.5) is 0 Å². The van der Waals surface area contributed by atoms with Crippen LogP contribution in [-0.2, 0) is 9.84 Å². The molecule has 1 aromatic carbocycles. The maximum Gasteiger partial charge on any atom is 0.148 e. The van der Waals surface area contributed by atoms with Crippen LogP contribution in [0.15, 0.2) is 18.2 Å². The molecule has 0 saturated heterocycles. The van der Waals surface area contributed by atoms with Gasteiger partial charge in [-0.25, -0.2) is 8.42 Å². The molecule has 1 rings (SSSR count). The van der Waals surface area contributed by atoms with Crippen molar-refractivity contribution in [3.8, 4) is 5.75 Å². The number of hydrogen-bond acceptors (Lipinski definition) is 4. The van der Waals surface area contributed by atoms with Crippen LogP contribution in [0.2, 0.25) is 5.02 Å². The first-order valence-electron chi connectivity index (χ1n) is 5.57. The van der Waals surface area contributed by atoms with E-state index >= 15 is 0 Å². The maximum atomic E-state index is 11.1. The Kier molecular flexibility index (Phi) is 5.01. The zero-order chi connectivity index (χ0) is 13.9. The van der Waals surface area contributed by atoms with E-state index in [1.807, 2.05) is 18.9 Å². The smallest absolute Gasteiger partial charge is 0.148 e. The molecule has 0 bridgehead atoms. The molecule has 1 atom stereocenters. The quantitative estimate of drug-likeness (QED) is 0.902. The molecule has 0 fully saturated rings.